The molecule has 3 aromatic rings. The van der Waals surface area contributed by atoms with E-state index in [1.54, 1.807) is 0 Å². The van der Waals surface area contributed by atoms with Gasteiger partial charge in [0.15, 0.2) is 0 Å². The predicted molar refractivity (Wildman–Crippen MR) is 118 cm³/mol. The Bertz CT molecular complexity index is 1260. The first kappa shape index (κ1) is 22.5. The average Bonchev–Trinajstić information content (AvgIpc) is 3.55. The zero-order valence-electron chi connectivity index (χ0n) is 17.8. The van der Waals surface area contributed by atoms with Gasteiger partial charge in [-0.15, -0.1) is 6.58 Å². The van der Waals surface area contributed by atoms with Gasteiger partial charge in [-0.2, -0.15) is 17.5 Å². The van der Waals surface area contributed by atoms with Crippen LogP contribution >= 0.6 is 0 Å². The van der Waals surface area contributed by atoms with Crippen LogP contribution in [0.1, 0.15) is 31.2 Å². The number of benzene rings is 1. The highest BCUT2D eigenvalue weighted by Gasteiger charge is 2.44. The Balaban J connectivity index is 1.68. The summed E-state index contributed by atoms with van der Waals surface area (Å²) < 4.78 is 67.9. The van der Waals surface area contributed by atoms with Gasteiger partial charge in [-0.1, -0.05) is 18.2 Å². The Labute approximate surface area is 185 Å². The van der Waals surface area contributed by atoms with E-state index in [1.807, 2.05) is 17.7 Å². The number of nitrogens with zero attached hydrogens (tertiary/aromatic N) is 3. The second-order valence-electron chi connectivity index (χ2n) is 8.14. The number of aromatic nitrogens is 2. The molecule has 0 saturated heterocycles. The first-order valence-electron chi connectivity index (χ1n) is 10.3. The van der Waals surface area contributed by atoms with Gasteiger partial charge < -0.3 is 4.57 Å². The zero-order valence-corrected chi connectivity index (χ0v) is 18.6. The van der Waals surface area contributed by atoms with Crippen LogP contribution in [-0.4, -0.2) is 41.0 Å². The fourth-order valence-electron chi connectivity index (χ4n) is 3.84. The van der Waals surface area contributed by atoms with E-state index in [0.29, 0.717) is 15.9 Å². The number of hydrogen-bond acceptors (Lipinski definition) is 3. The third-order valence-electron chi connectivity index (χ3n) is 5.94. The van der Waals surface area contributed by atoms with Gasteiger partial charge in [0.1, 0.15) is 10.9 Å². The number of sulfonamides is 1. The molecule has 0 radical (unpaired) electrons. The summed E-state index contributed by atoms with van der Waals surface area (Å²) in [5.74, 6) is 0.623. The van der Waals surface area contributed by atoms with Crippen molar-refractivity contribution in [2.45, 2.75) is 42.8 Å². The minimum absolute atomic E-state index is 0.297. The van der Waals surface area contributed by atoms with Crippen molar-refractivity contribution >= 4 is 20.9 Å². The number of hydrogen-bond donors (Lipinski definition) is 0. The monoisotopic (exact) mass is 463 g/mol. The van der Waals surface area contributed by atoms with Gasteiger partial charge in [-0.3, -0.25) is 4.98 Å². The fraction of sp³-hybridized carbons (Fsp3) is 0.348. The fourth-order valence-corrected chi connectivity index (χ4v) is 5.37. The van der Waals surface area contributed by atoms with Gasteiger partial charge in [0.2, 0.25) is 10.0 Å². The van der Waals surface area contributed by atoms with Crippen LogP contribution in [0.2, 0.25) is 0 Å². The van der Waals surface area contributed by atoms with Crippen molar-refractivity contribution in [3.8, 4) is 11.4 Å². The second kappa shape index (κ2) is 8.04. The van der Waals surface area contributed by atoms with E-state index in [4.69, 9.17) is 0 Å². The SMILES string of the molecule is C=CCN(C(C)C(F)(F)F)S(=O)(=O)c1ccc(-c2cc3ccc(C4CC4)cc3n2C)nc1. The van der Waals surface area contributed by atoms with Crippen molar-refractivity contribution in [1.29, 1.82) is 0 Å². The smallest absolute Gasteiger partial charge is 0.342 e. The van der Waals surface area contributed by atoms with Crippen molar-refractivity contribution in [3.05, 3.63) is 60.8 Å². The van der Waals surface area contributed by atoms with Crippen LogP contribution < -0.4 is 0 Å². The lowest BCUT2D eigenvalue weighted by atomic mass is 10.1. The Morgan fingerprint density at radius 3 is 2.53 bits per heavy atom. The van der Waals surface area contributed by atoms with Gasteiger partial charge in [-0.05, 0) is 55.5 Å². The van der Waals surface area contributed by atoms with Crippen LogP contribution in [0.3, 0.4) is 0 Å². The molecule has 170 valence electrons. The lowest BCUT2D eigenvalue weighted by molar-refractivity contribution is -0.165. The highest BCUT2D eigenvalue weighted by atomic mass is 32.2. The summed E-state index contributed by atoms with van der Waals surface area (Å²) in [4.78, 5) is 3.97. The first-order chi connectivity index (χ1) is 15.0. The molecule has 32 heavy (non-hydrogen) atoms. The van der Waals surface area contributed by atoms with E-state index in [2.05, 4.69) is 29.8 Å². The summed E-state index contributed by atoms with van der Waals surface area (Å²) in [6, 6.07) is 8.96. The Morgan fingerprint density at radius 1 is 1.25 bits per heavy atom. The molecule has 1 atom stereocenters. The summed E-state index contributed by atoms with van der Waals surface area (Å²) in [6.45, 7) is 3.74. The molecule has 2 heterocycles. The second-order valence-corrected chi connectivity index (χ2v) is 10.0. The predicted octanol–water partition coefficient (Wildman–Crippen LogP) is 5.25. The number of aryl methyl sites for hydroxylation is 1. The summed E-state index contributed by atoms with van der Waals surface area (Å²) >= 11 is 0. The van der Waals surface area contributed by atoms with E-state index in [-0.39, 0.29) is 4.90 Å². The van der Waals surface area contributed by atoms with Crippen molar-refractivity contribution < 1.29 is 21.6 Å². The maximum atomic E-state index is 13.2. The van der Waals surface area contributed by atoms with Crippen molar-refractivity contribution in [2.75, 3.05) is 6.54 Å². The summed E-state index contributed by atoms with van der Waals surface area (Å²) in [5.41, 5.74) is 3.69. The molecule has 0 aliphatic heterocycles. The van der Waals surface area contributed by atoms with Crippen molar-refractivity contribution in [3.63, 3.8) is 0 Å². The van der Waals surface area contributed by atoms with E-state index in [9.17, 15) is 21.6 Å². The van der Waals surface area contributed by atoms with Gasteiger partial charge in [-0.25, -0.2) is 8.42 Å². The van der Waals surface area contributed by atoms with E-state index < -0.39 is 28.8 Å². The standard InChI is InChI=1S/C23H24F3N3O2S/c1-4-11-29(15(2)23(24,25)26)32(30,31)19-9-10-20(27-14-19)22-13-18-8-7-17(16-5-6-16)12-21(18)28(22)3/h4,7-10,12-16H,1,5-6,11H2,2-3H3. The molecule has 9 heteroatoms. The topological polar surface area (TPSA) is 55.2 Å². The molecular weight excluding hydrogens is 439 g/mol. The molecule has 1 fully saturated rings. The third kappa shape index (κ3) is 4.06. The van der Waals surface area contributed by atoms with E-state index in [0.717, 1.165) is 35.8 Å². The number of halogens is 3. The summed E-state index contributed by atoms with van der Waals surface area (Å²) in [5, 5.41) is 1.04. The summed E-state index contributed by atoms with van der Waals surface area (Å²) in [6.07, 6.45) is -0.0533. The maximum absolute atomic E-state index is 13.2. The molecule has 4 rings (SSSR count). The quantitative estimate of drug-likeness (QED) is 0.450. The van der Waals surface area contributed by atoms with E-state index in [1.165, 1.54) is 30.5 Å². The van der Waals surface area contributed by atoms with Crippen LogP contribution in [-0.2, 0) is 17.1 Å². The molecule has 5 nitrogen and oxygen atoms in total. The van der Waals surface area contributed by atoms with Crippen LogP contribution in [0.5, 0.6) is 0 Å². The average molecular weight is 464 g/mol. The Hall–Kier alpha value is -2.65. The lowest BCUT2D eigenvalue weighted by Gasteiger charge is -2.28. The molecule has 2 aromatic heterocycles. The molecular formula is C23H24F3N3O2S. The number of pyridine rings is 1. The normalized spacial score (nSPS) is 15.9. The molecule has 1 aliphatic carbocycles. The van der Waals surface area contributed by atoms with Gasteiger partial charge >= 0.3 is 6.18 Å². The molecule has 0 spiro atoms. The van der Waals surface area contributed by atoms with Gasteiger partial charge in [0.25, 0.3) is 0 Å². The largest absolute Gasteiger partial charge is 0.404 e. The zero-order chi connectivity index (χ0) is 23.3. The minimum Gasteiger partial charge on any atom is -0.342 e. The molecule has 0 bridgehead atoms. The van der Waals surface area contributed by atoms with Crippen LogP contribution in [0, 0.1) is 0 Å². The lowest BCUT2D eigenvalue weighted by Crippen LogP contribution is -2.46. The van der Waals surface area contributed by atoms with Crippen molar-refractivity contribution in [2.24, 2.45) is 7.05 Å². The Kier molecular flexibility index (Phi) is 5.67. The highest BCUT2D eigenvalue weighted by molar-refractivity contribution is 7.89. The highest BCUT2D eigenvalue weighted by Crippen LogP contribution is 2.41. The molecule has 1 unspecified atom stereocenters. The first-order valence-corrected chi connectivity index (χ1v) is 11.7. The van der Waals surface area contributed by atoms with E-state index >= 15 is 0 Å². The minimum atomic E-state index is -4.70. The molecule has 1 aromatic carbocycles. The maximum Gasteiger partial charge on any atom is 0.404 e. The van der Waals surface area contributed by atoms with Gasteiger partial charge in [0, 0.05) is 30.7 Å². The number of alkyl halides is 3. The van der Waals surface area contributed by atoms with Crippen molar-refractivity contribution in [1.82, 2.24) is 13.9 Å². The molecule has 0 N–H and O–H groups in total. The van der Waals surface area contributed by atoms with Crippen LogP contribution in [0.15, 0.2) is 60.1 Å². The van der Waals surface area contributed by atoms with Crippen LogP contribution in [0.4, 0.5) is 13.2 Å². The number of rotatable bonds is 7. The molecule has 0 amide bonds. The molecule has 1 saturated carbocycles. The number of fused-ring (bicyclic) bond motifs is 1. The third-order valence-corrected chi connectivity index (χ3v) is 7.86. The molecule has 1 aliphatic rings. The summed E-state index contributed by atoms with van der Waals surface area (Å²) in [7, 11) is -2.50. The van der Waals surface area contributed by atoms with Gasteiger partial charge in [0.05, 0.1) is 11.4 Å². The Morgan fingerprint density at radius 2 is 1.97 bits per heavy atom. The van der Waals surface area contributed by atoms with Crippen LogP contribution in [0.25, 0.3) is 22.3 Å².